The maximum atomic E-state index is 12.7. The lowest BCUT2D eigenvalue weighted by Crippen LogP contribution is -2.31. The number of benzene rings is 1. The molecule has 1 aromatic carbocycles. The topological polar surface area (TPSA) is 100.0 Å². The summed E-state index contributed by atoms with van der Waals surface area (Å²) < 4.78 is 5.04. The monoisotopic (exact) mass is 368 g/mol. The Kier molecular flexibility index (Phi) is 5.52. The molecule has 0 aliphatic carbocycles. The Morgan fingerprint density at radius 2 is 1.96 bits per heavy atom. The van der Waals surface area contributed by atoms with E-state index in [-0.39, 0.29) is 23.6 Å². The molecule has 2 heterocycles. The minimum Gasteiger partial charge on any atom is -0.508 e. The lowest BCUT2D eigenvalue weighted by Gasteiger charge is -2.25. The van der Waals surface area contributed by atoms with E-state index in [4.69, 9.17) is 4.74 Å². The van der Waals surface area contributed by atoms with Gasteiger partial charge in [-0.1, -0.05) is 12.1 Å². The van der Waals surface area contributed by atoms with E-state index in [1.807, 2.05) is 0 Å². The van der Waals surface area contributed by atoms with Crippen LogP contribution in [-0.2, 0) is 14.3 Å². The molecule has 2 aromatic rings. The van der Waals surface area contributed by atoms with Gasteiger partial charge >= 0.3 is 0 Å². The molecule has 1 aliphatic heterocycles. The number of aromatic hydroxyl groups is 1. The zero-order chi connectivity index (χ0) is 19.4. The lowest BCUT2D eigenvalue weighted by atomic mass is 9.95. The predicted molar refractivity (Wildman–Crippen MR) is 97.8 cm³/mol. The quantitative estimate of drug-likeness (QED) is 0.351. The van der Waals surface area contributed by atoms with E-state index in [2.05, 4.69) is 4.98 Å². The maximum absolute atomic E-state index is 12.7. The summed E-state index contributed by atoms with van der Waals surface area (Å²) in [6.07, 6.45) is 3.52. The number of nitrogens with zero attached hydrogens (tertiary/aromatic N) is 2. The van der Waals surface area contributed by atoms with Gasteiger partial charge < -0.3 is 19.8 Å². The Morgan fingerprint density at radius 1 is 1.22 bits per heavy atom. The predicted octanol–water partition coefficient (Wildman–Crippen LogP) is 2.25. The van der Waals surface area contributed by atoms with Crippen LogP contribution in [0, 0.1) is 0 Å². The molecule has 0 bridgehead atoms. The Hall–Kier alpha value is -3.19. The van der Waals surface area contributed by atoms with Crippen LogP contribution in [0.25, 0.3) is 5.76 Å². The summed E-state index contributed by atoms with van der Waals surface area (Å²) in [6, 6.07) is 8.66. The first-order valence-electron chi connectivity index (χ1n) is 8.51. The molecule has 0 spiro atoms. The molecule has 2 N–H and O–H groups in total. The van der Waals surface area contributed by atoms with Crippen LogP contribution in [0.5, 0.6) is 5.75 Å². The fraction of sp³-hybridized carbons (Fsp3) is 0.250. The van der Waals surface area contributed by atoms with Crippen LogP contribution < -0.4 is 0 Å². The van der Waals surface area contributed by atoms with E-state index in [9.17, 15) is 19.8 Å². The first kappa shape index (κ1) is 18.6. The van der Waals surface area contributed by atoms with Crippen LogP contribution in [0.1, 0.15) is 23.6 Å². The molecule has 1 fully saturated rings. The van der Waals surface area contributed by atoms with Gasteiger partial charge in [0, 0.05) is 38.2 Å². The molecule has 0 radical (unpaired) electrons. The van der Waals surface area contributed by atoms with Crippen molar-refractivity contribution >= 4 is 17.4 Å². The van der Waals surface area contributed by atoms with Gasteiger partial charge in [-0.15, -0.1) is 0 Å². The number of Topliss-reactive ketones (excluding diaryl/α,β-unsaturated/α-hetero) is 1. The average Bonchev–Trinajstić information content (AvgIpc) is 2.93. The number of hydrogen-bond donors (Lipinski definition) is 2. The molecular formula is C20H20N2O5. The van der Waals surface area contributed by atoms with E-state index in [1.165, 1.54) is 29.4 Å². The van der Waals surface area contributed by atoms with Crippen molar-refractivity contribution in [3.63, 3.8) is 0 Å². The Bertz CT molecular complexity index is 879. The van der Waals surface area contributed by atoms with Crippen molar-refractivity contribution in [3.8, 4) is 5.75 Å². The van der Waals surface area contributed by atoms with Crippen molar-refractivity contribution in [2.45, 2.75) is 12.5 Å². The molecule has 1 unspecified atom stereocenters. The minimum atomic E-state index is -0.790. The molecule has 1 atom stereocenters. The van der Waals surface area contributed by atoms with Crippen LogP contribution in [0.4, 0.5) is 0 Å². The summed E-state index contributed by atoms with van der Waals surface area (Å²) in [5, 5.41) is 20.6. The third-order valence-corrected chi connectivity index (χ3v) is 4.43. The number of methoxy groups -OCH3 is 1. The number of rotatable bonds is 6. The van der Waals surface area contributed by atoms with E-state index < -0.39 is 17.7 Å². The molecule has 1 saturated heterocycles. The van der Waals surface area contributed by atoms with Crippen molar-refractivity contribution in [1.82, 2.24) is 9.88 Å². The molecule has 1 amide bonds. The summed E-state index contributed by atoms with van der Waals surface area (Å²) in [5.41, 5.74) is 0.932. The van der Waals surface area contributed by atoms with Gasteiger partial charge in [0.2, 0.25) is 0 Å². The molecule has 1 aromatic heterocycles. The van der Waals surface area contributed by atoms with Crippen molar-refractivity contribution in [1.29, 1.82) is 0 Å². The van der Waals surface area contributed by atoms with Crippen molar-refractivity contribution in [2.24, 2.45) is 0 Å². The summed E-state index contributed by atoms with van der Waals surface area (Å²) in [4.78, 5) is 30.6. The largest absolute Gasteiger partial charge is 0.508 e. The highest BCUT2D eigenvalue weighted by atomic mass is 16.5. The normalized spacial score (nSPS) is 18.9. The Balaban J connectivity index is 2.12. The first-order chi connectivity index (χ1) is 13.0. The van der Waals surface area contributed by atoms with Gasteiger partial charge in [-0.3, -0.25) is 14.6 Å². The third kappa shape index (κ3) is 3.68. The molecule has 0 saturated carbocycles. The second-order valence-electron chi connectivity index (χ2n) is 6.17. The van der Waals surface area contributed by atoms with Gasteiger partial charge in [0.15, 0.2) is 0 Å². The number of likely N-dealkylation sites (tertiary alicyclic amines) is 1. The molecule has 3 rings (SSSR count). The van der Waals surface area contributed by atoms with Crippen LogP contribution in [0.15, 0.2) is 54.4 Å². The summed E-state index contributed by atoms with van der Waals surface area (Å²) in [6.45, 7) is 0.714. The maximum Gasteiger partial charge on any atom is 0.295 e. The second kappa shape index (κ2) is 8.01. The standard InChI is InChI=1S/C20H20N2O5/c1-27-11-3-10-22-17(14-4-2-5-15(23)12-14)16(19(25)20(22)26)18(24)13-6-8-21-9-7-13/h2,4-9,12,17,23-24H,3,10-11H2,1H3/b18-16+. The Morgan fingerprint density at radius 3 is 2.63 bits per heavy atom. The number of phenolic OH excluding ortho intramolecular Hbond substituents is 1. The highest BCUT2D eigenvalue weighted by Gasteiger charge is 2.45. The zero-order valence-electron chi connectivity index (χ0n) is 14.8. The number of aliphatic hydroxyl groups is 1. The highest BCUT2D eigenvalue weighted by Crippen LogP contribution is 2.40. The number of carbonyl (C=O) groups is 2. The number of aliphatic hydroxyl groups excluding tert-OH is 1. The van der Waals surface area contributed by atoms with E-state index in [0.29, 0.717) is 24.2 Å². The fourth-order valence-electron chi connectivity index (χ4n) is 3.20. The number of aromatic nitrogens is 1. The molecule has 27 heavy (non-hydrogen) atoms. The number of pyridine rings is 1. The molecule has 7 heteroatoms. The van der Waals surface area contributed by atoms with Gasteiger partial charge in [-0.2, -0.15) is 0 Å². The highest BCUT2D eigenvalue weighted by molar-refractivity contribution is 6.46. The summed E-state index contributed by atoms with van der Waals surface area (Å²) in [7, 11) is 1.56. The SMILES string of the molecule is COCCCN1C(=O)C(=O)/C(=C(/O)c2ccncc2)C1c1cccc(O)c1. The van der Waals surface area contributed by atoms with Crippen molar-refractivity contribution in [2.75, 3.05) is 20.3 Å². The van der Waals surface area contributed by atoms with Gasteiger partial charge in [-0.05, 0) is 36.2 Å². The number of ether oxygens (including phenoxy) is 1. The van der Waals surface area contributed by atoms with Crippen molar-refractivity contribution < 1.29 is 24.5 Å². The number of phenols is 1. The third-order valence-electron chi connectivity index (χ3n) is 4.43. The molecule has 7 nitrogen and oxygen atoms in total. The zero-order valence-corrected chi connectivity index (χ0v) is 14.8. The van der Waals surface area contributed by atoms with Crippen molar-refractivity contribution in [3.05, 3.63) is 65.5 Å². The number of hydrogen-bond acceptors (Lipinski definition) is 6. The molecular weight excluding hydrogens is 348 g/mol. The smallest absolute Gasteiger partial charge is 0.295 e. The van der Waals surface area contributed by atoms with Gasteiger partial charge in [-0.25, -0.2) is 0 Å². The lowest BCUT2D eigenvalue weighted by molar-refractivity contribution is -0.140. The van der Waals surface area contributed by atoms with Crippen LogP contribution in [0.3, 0.4) is 0 Å². The van der Waals surface area contributed by atoms with E-state index in [0.717, 1.165) is 0 Å². The molecule has 140 valence electrons. The minimum absolute atomic E-state index is 0.00535. The summed E-state index contributed by atoms with van der Waals surface area (Å²) >= 11 is 0. The van der Waals surface area contributed by atoms with E-state index in [1.54, 1.807) is 31.4 Å². The number of ketones is 1. The van der Waals surface area contributed by atoms with Gasteiger partial charge in [0.05, 0.1) is 11.6 Å². The molecule has 1 aliphatic rings. The van der Waals surface area contributed by atoms with Crippen LogP contribution >= 0.6 is 0 Å². The fourth-order valence-corrected chi connectivity index (χ4v) is 3.20. The number of amides is 1. The first-order valence-corrected chi connectivity index (χ1v) is 8.51. The summed E-state index contributed by atoms with van der Waals surface area (Å²) in [5.74, 6) is -1.69. The van der Waals surface area contributed by atoms with Crippen LogP contribution in [-0.4, -0.2) is 52.0 Å². The van der Waals surface area contributed by atoms with Crippen LogP contribution in [0.2, 0.25) is 0 Å². The average molecular weight is 368 g/mol. The Labute approximate surface area is 156 Å². The second-order valence-corrected chi connectivity index (χ2v) is 6.17. The van der Waals surface area contributed by atoms with Gasteiger partial charge in [0.1, 0.15) is 11.5 Å². The number of carbonyl (C=O) groups excluding carboxylic acids is 2. The van der Waals surface area contributed by atoms with E-state index >= 15 is 0 Å². The van der Waals surface area contributed by atoms with Gasteiger partial charge in [0.25, 0.3) is 11.7 Å².